The van der Waals surface area contributed by atoms with Gasteiger partial charge < -0.3 is 10.2 Å². The lowest BCUT2D eigenvalue weighted by atomic mass is 10.2. The highest BCUT2D eigenvalue weighted by Crippen LogP contribution is 2.29. The zero-order valence-electron chi connectivity index (χ0n) is 19.9. The Morgan fingerprint density at radius 3 is 2.43 bits per heavy atom. The Morgan fingerprint density at radius 1 is 0.973 bits per heavy atom. The van der Waals surface area contributed by atoms with Crippen LogP contribution in [0.4, 0.5) is 15.2 Å². The van der Waals surface area contributed by atoms with Gasteiger partial charge in [-0.2, -0.15) is 0 Å². The molecule has 1 saturated heterocycles. The van der Waals surface area contributed by atoms with Crippen LogP contribution in [0.15, 0.2) is 77.7 Å². The number of benzene rings is 3. The number of anilines is 2. The topological polar surface area (TPSA) is 94.6 Å². The molecule has 4 aromatic rings. The predicted octanol–water partition coefficient (Wildman–Crippen LogP) is 3.79. The molecule has 1 amide bonds. The van der Waals surface area contributed by atoms with Crippen LogP contribution in [0, 0.1) is 5.82 Å². The number of fused-ring (bicyclic) bond motifs is 1. The molecule has 8 nitrogen and oxygen atoms in total. The quantitative estimate of drug-likeness (QED) is 0.354. The van der Waals surface area contributed by atoms with Gasteiger partial charge in [0.15, 0.2) is 5.13 Å². The average molecular weight is 540 g/mol. The normalized spacial score (nSPS) is 14.6. The fourth-order valence-electron chi connectivity index (χ4n) is 4.12. The van der Waals surface area contributed by atoms with E-state index in [1.165, 1.54) is 35.6 Å². The number of rotatable bonds is 8. The predicted molar refractivity (Wildman–Crippen MR) is 144 cm³/mol. The van der Waals surface area contributed by atoms with E-state index >= 15 is 0 Å². The van der Waals surface area contributed by atoms with Crippen molar-refractivity contribution in [2.24, 2.45) is 0 Å². The lowest BCUT2D eigenvalue weighted by molar-refractivity contribution is 0.0948. The summed E-state index contributed by atoms with van der Waals surface area (Å²) in [4.78, 5) is 21.8. The summed E-state index contributed by atoms with van der Waals surface area (Å²) < 4.78 is 41.7. The third-order valence-electron chi connectivity index (χ3n) is 6.15. The third-order valence-corrected chi connectivity index (χ3v) is 8.62. The van der Waals surface area contributed by atoms with Crippen molar-refractivity contribution in [2.75, 3.05) is 48.9 Å². The van der Waals surface area contributed by atoms with Crippen molar-refractivity contribution in [1.82, 2.24) is 15.2 Å². The third kappa shape index (κ3) is 6.07. The second-order valence-corrected chi connectivity index (χ2v) is 11.4. The Balaban J connectivity index is 1.07. The molecule has 37 heavy (non-hydrogen) atoms. The van der Waals surface area contributed by atoms with Gasteiger partial charge in [0.2, 0.25) is 0 Å². The molecule has 3 aromatic carbocycles. The fourth-order valence-corrected chi connectivity index (χ4v) is 6.24. The molecule has 0 aliphatic carbocycles. The number of nitrogens with one attached hydrogen (secondary N) is 2. The second-order valence-electron chi connectivity index (χ2n) is 8.69. The molecular weight excluding hydrogens is 513 g/mol. The molecule has 11 heteroatoms. The number of sulfonamides is 1. The molecule has 0 unspecified atom stereocenters. The van der Waals surface area contributed by atoms with Crippen LogP contribution in [-0.2, 0) is 10.0 Å². The number of amides is 1. The first-order valence-corrected chi connectivity index (χ1v) is 14.2. The lowest BCUT2D eigenvalue weighted by Crippen LogP contribution is -2.48. The van der Waals surface area contributed by atoms with Gasteiger partial charge >= 0.3 is 0 Å². The highest BCUT2D eigenvalue weighted by molar-refractivity contribution is 7.92. The highest BCUT2D eigenvalue weighted by Gasteiger charge is 2.20. The highest BCUT2D eigenvalue weighted by atomic mass is 32.2. The smallest absolute Gasteiger partial charge is 0.261 e. The minimum Gasteiger partial charge on any atom is -0.351 e. The molecule has 5 rings (SSSR count). The monoisotopic (exact) mass is 539 g/mol. The summed E-state index contributed by atoms with van der Waals surface area (Å²) in [6.07, 6.45) is 0. The van der Waals surface area contributed by atoms with Gasteiger partial charge in [-0.1, -0.05) is 29.5 Å². The molecule has 1 fully saturated rings. The lowest BCUT2D eigenvalue weighted by Gasteiger charge is -2.34. The molecule has 0 atom stereocenters. The first-order valence-electron chi connectivity index (χ1n) is 11.9. The zero-order valence-corrected chi connectivity index (χ0v) is 21.6. The van der Waals surface area contributed by atoms with E-state index in [0.717, 1.165) is 48.1 Å². The van der Waals surface area contributed by atoms with E-state index in [9.17, 15) is 17.6 Å². The number of thiazole rings is 1. The minimum absolute atomic E-state index is 0.174. The Kier molecular flexibility index (Phi) is 7.36. The van der Waals surface area contributed by atoms with Gasteiger partial charge in [0.05, 0.1) is 15.1 Å². The molecule has 192 valence electrons. The van der Waals surface area contributed by atoms with Crippen molar-refractivity contribution < 1.29 is 17.6 Å². The average Bonchev–Trinajstić information content (AvgIpc) is 3.33. The van der Waals surface area contributed by atoms with E-state index in [1.54, 1.807) is 48.5 Å². The van der Waals surface area contributed by atoms with Crippen molar-refractivity contribution in [3.8, 4) is 0 Å². The summed E-state index contributed by atoms with van der Waals surface area (Å²) in [6.45, 7) is 4.54. The van der Waals surface area contributed by atoms with Crippen molar-refractivity contribution >= 4 is 48.3 Å². The molecule has 0 radical (unpaired) electrons. The second kappa shape index (κ2) is 10.8. The summed E-state index contributed by atoms with van der Waals surface area (Å²) in [5.74, 6) is -0.462. The van der Waals surface area contributed by atoms with E-state index < -0.39 is 10.0 Å². The number of hydrogen-bond donors (Lipinski definition) is 2. The van der Waals surface area contributed by atoms with Crippen molar-refractivity contribution in [1.29, 1.82) is 0 Å². The molecule has 0 spiro atoms. The Labute approximate surface area is 218 Å². The number of halogens is 1. The van der Waals surface area contributed by atoms with Crippen molar-refractivity contribution in [3.05, 3.63) is 84.2 Å². The molecule has 1 aliphatic rings. The maximum Gasteiger partial charge on any atom is 0.261 e. The summed E-state index contributed by atoms with van der Waals surface area (Å²) in [6, 6.07) is 19.1. The van der Waals surface area contributed by atoms with Gasteiger partial charge in [-0.15, -0.1) is 0 Å². The number of piperazine rings is 1. The fraction of sp³-hybridized carbons (Fsp3) is 0.231. The van der Waals surface area contributed by atoms with Crippen LogP contribution < -0.4 is 14.9 Å². The molecule has 1 aliphatic heterocycles. The molecule has 1 aromatic heterocycles. The molecular formula is C26H26FN5O3S2. The number of carbonyl (C=O) groups excluding carboxylic acids is 1. The Morgan fingerprint density at radius 2 is 1.70 bits per heavy atom. The Hall–Kier alpha value is -3.54. The minimum atomic E-state index is -3.68. The van der Waals surface area contributed by atoms with E-state index in [0.29, 0.717) is 17.8 Å². The van der Waals surface area contributed by atoms with Crippen LogP contribution in [0.5, 0.6) is 0 Å². The summed E-state index contributed by atoms with van der Waals surface area (Å²) >= 11 is 1.50. The number of hydrogen-bond acceptors (Lipinski definition) is 7. The van der Waals surface area contributed by atoms with Crippen LogP contribution in [0.2, 0.25) is 0 Å². The Bertz CT molecular complexity index is 1490. The van der Waals surface area contributed by atoms with Crippen LogP contribution in [0.3, 0.4) is 0 Å². The van der Waals surface area contributed by atoms with Gasteiger partial charge in [-0.25, -0.2) is 17.8 Å². The van der Waals surface area contributed by atoms with Gasteiger partial charge in [-0.3, -0.25) is 14.4 Å². The van der Waals surface area contributed by atoms with E-state index in [1.807, 2.05) is 0 Å². The molecule has 0 saturated carbocycles. The summed E-state index contributed by atoms with van der Waals surface area (Å²) in [7, 11) is -3.68. The van der Waals surface area contributed by atoms with Gasteiger partial charge in [-0.05, 0) is 54.6 Å². The molecule has 2 N–H and O–H groups in total. The van der Waals surface area contributed by atoms with Gasteiger partial charge in [0, 0.05) is 50.5 Å². The van der Waals surface area contributed by atoms with Gasteiger partial charge in [0.1, 0.15) is 5.82 Å². The number of carbonyl (C=O) groups is 1. The zero-order chi connectivity index (χ0) is 25.8. The van der Waals surface area contributed by atoms with E-state index in [2.05, 4.69) is 24.8 Å². The first-order chi connectivity index (χ1) is 17.9. The van der Waals surface area contributed by atoms with Crippen LogP contribution in [-0.4, -0.2) is 63.5 Å². The largest absolute Gasteiger partial charge is 0.351 e. The summed E-state index contributed by atoms with van der Waals surface area (Å²) in [5, 5.41) is 3.83. The molecule has 2 heterocycles. The van der Waals surface area contributed by atoms with E-state index in [4.69, 9.17) is 0 Å². The van der Waals surface area contributed by atoms with Gasteiger partial charge in [0.25, 0.3) is 15.9 Å². The first kappa shape index (κ1) is 25.1. The van der Waals surface area contributed by atoms with Crippen molar-refractivity contribution in [2.45, 2.75) is 4.90 Å². The SMILES string of the molecule is O=C(NCCN1CCN(c2nc3ccc(F)cc3s2)CC1)c1ccc(NS(=O)(=O)c2ccccc2)cc1. The summed E-state index contributed by atoms with van der Waals surface area (Å²) in [5.41, 5.74) is 1.66. The maximum atomic E-state index is 13.5. The number of nitrogens with zero attached hydrogens (tertiary/aromatic N) is 3. The van der Waals surface area contributed by atoms with Crippen LogP contribution in [0.1, 0.15) is 10.4 Å². The van der Waals surface area contributed by atoms with Crippen LogP contribution >= 0.6 is 11.3 Å². The van der Waals surface area contributed by atoms with E-state index in [-0.39, 0.29) is 16.6 Å². The maximum absolute atomic E-state index is 13.5. The number of aromatic nitrogens is 1. The van der Waals surface area contributed by atoms with Crippen LogP contribution in [0.25, 0.3) is 10.2 Å². The van der Waals surface area contributed by atoms with Crippen molar-refractivity contribution in [3.63, 3.8) is 0 Å². The standard InChI is InChI=1S/C26H26FN5O3S2/c27-20-8-11-23-24(18-20)36-26(29-23)32-16-14-31(15-17-32)13-12-28-25(33)19-6-9-21(10-7-19)30-37(34,35)22-4-2-1-3-5-22/h1-11,18,30H,12-17H2,(H,28,33). The molecule has 0 bridgehead atoms.